The Kier molecular flexibility index (Phi) is 5.84. The van der Waals surface area contributed by atoms with Gasteiger partial charge in [-0.2, -0.15) is 0 Å². The summed E-state index contributed by atoms with van der Waals surface area (Å²) in [6.45, 7) is 2.56. The Morgan fingerprint density at radius 1 is 1.03 bits per heavy atom. The van der Waals surface area contributed by atoms with Gasteiger partial charge in [0.1, 0.15) is 11.2 Å². The Morgan fingerprint density at radius 3 is 2.42 bits per heavy atom. The molecule has 5 rings (SSSR count). The fourth-order valence-corrected chi connectivity index (χ4v) is 6.91. The molecule has 3 aliphatic rings. The Morgan fingerprint density at radius 2 is 1.68 bits per heavy atom. The molecule has 2 aromatic rings. The van der Waals surface area contributed by atoms with Gasteiger partial charge in [-0.1, -0.05) is 51.4 Å². The molecule has 3 heterocycles. The number of hydrogen-bond acceptors (Lipinski definition) is 3. The molecule has 2 aromatic heterocycles. The van der Waals surface area contributed by atoms with Gasteiger partial charge in [0.2, 0.25) is 5.91 Å². The molecule has 0 unspecified atom stereocenters. The van der Waals surface area contributed by atoms with Crippen LogP contribution in [0.25, 0.3) is 10.2 Å². The molecule has 168 valence electrons. The second-order valence-electron chi connectivity index (χ2n) is 10.0. The number of thiophene rings is 1. The van der Waals surface area contributed by atoms with Crippen molar-refractivity contribution in [2.24, 2.45) is 0 Å². The van der Waals surface area contributed by atoms with Gasteiger partial charge in [-0.25, -0.2) is 0 Å². The number of amides is 2. The van der Waals surface area contributed by atoms with Crippen LogP contribution in [-0.4, -0.2) is 38.9 Å². The summed E-state index contributed by atoms with van der Waals surface area (Å²) in [5, 5.41) is 5.48. The maximum absolute atomic E-state index is 13.9. The molecule has 2 fully saturated rings. The maximum atomic E-state index is 13.9. The summed E-state index contributed by atoms with van der Waals surface area (Å²) in [5.41, 5.74) is 0.993. The van der Waals surface area contributed by atoms with Crippen molar-refractivity contribution in [3.8, 4) is 0 Å². The molecule has 0 bridgehead atoms. The lowest BCUT2D eigenvalue weighted by Crippen LogP contribution is -2.67. The van der Waals surface area contributed by atoms with Crippen molar-refractivity contribution in [1.82, 2.24) is 14.8 Å². The largest absolute Gasteiger partial charge is 0.351 e. The first kappa shape index (κ1) is 21.0. The summed E-state index contributed by atoms with van der Waals surface area (Å²) < 4.78 is 3.24. The van der Waals surface area contributed by atoms with E-state index in [1.165, 1.54) is 38.5 Å². The number of rotatable bonds is 3. The van der Waals surface area contributed by atoms with Gasteiger partial charge >= 0.3 is 0 Å². The van der Waals surface area contributed by atoms with E-state index in [1.54, 1.807) is 11.3 Å². The molecule has 0 radical (unpaired) electrons. The highest BCUT2D eigenvalue weighted by Crippen LogP contribution is 2.38. The molecule has 31 heavy (non-hydrogen) atoms. The summed E-state index contributed by atoms with van der Waals surface area (Å²) in [5.74, 6) is 0.0802. The third kappa shape index (κ3) is 3.81. The zero-order valence-electron chi connectivity index (χ0n) is 18.7. The van der Waals surface area contributed by atoms with Crippen LogP contribution in [0.15, 0.2) is 17.5 Å². The summed E-state index contributed by atoms with van der Waals surface area (Å²) in [6, 6.07) is 4.51. The molecule has 1 aliphatic heterocycles. The molecule has 2 aliphatic carbocycles. The number of hydrogen-bond donors (Lipinski definition) is 1. The van der Waals surface area contributed by atoms with Gasteiger partial charge < -0.3 is 14.8 Å². The summed E-state index contributed by atoms with van der Waals surface area (Å²) in [4.78, 5) is 29.7. The van der Waals surface area contributed by atoms with Crippen molar-refractivity contribution in [2.45, 2.75) is 108 Å². The lowest BCUT2D eigenvalue weighted by molar-refractivity contribution is -0.135. The predicted octanol–water partition coefficient (Wildman–Crippen LogP) is 5.48. The molecule has 6 heteroatoms. The van der Waals surface area contributed by atoms with E-state index in [2.05, 4.69) is 21.3 Å². The quantitative estimate of drug-likeness (QED) is 0.686. The lowest BCUT2D eigenvalue weighted by atomic mass is 9.86. The average Bonchev–Trinajstić information content (AvgIpc) is 3.33. The molecule has 0 spiro atoms. The van der Waals surface area contributed by atoms with Gasteiger partial charge in [-0.05, 0) is 50.1 Å². The van der Waals surface area contributed by atoms with Crippen LogP contribution in [-0.2, 0) is 11.3 Å². The van der Waals surface area contributed by atoms with Gasteiger partial charge in [0.15, 0.2) is 0 Å². The second-order valence-corrected chi connectivity index (χ2v) is 11.0. The number of fused-ring (bicyclic) bond motifs is 3. The zero-order valence-corrected chi connectivity index (χ0v) is 19.5. The molecule has 2 saturated carbocycles. The van der Waals surface area contributed by atoms with Crippen molar-refractivity contribution in [3.05, 3.63) is 23.2 Å². The van der Waals surface area contributed by atoms with Gasteiger partial charge in [0.05, 0.1) is 16.8 Å². The Bertz CT molecular complexity index is 949. The zero-order chi connectivity index (χ0) is 21.4. The molecule has 1 atom stereocenters. The molecular weight excluding hydrogens is 406 g/mol. The van der Waals surface area contributed by atoms with Crippen molar-refractivity contribution < 1.29 is 9.59 Å². The van der Waals surface area contributed by atoms with Gasteiger partial charge in [0.25, 0.3) is 5.91 Å². The van der Waals surface area contributed by atoms with E-state index in [4.69, 9.17) is 0 Å². The van der Waals surface area contributed by atoms with Crippen LogP contribution < -0.4 is 5.32 Å². The molecular formula is C25H35N3O2S. The summed E-state index contributed by atoms with van der Waals surface area (Å²) >= 11 is 1.67. The average molecular weight is 442 g/mol. The molecule has 0 aromatic carbocycles. The molecule has 0 saturated heterocycles. The number of carbonyl (C=O) groups is 2. The predicted molar refractivity (Wildman–Crippen MR) is 126 cm³/mol. The first-order chi connectivity index (χ1) is 15.1. The van der Waals surface area contributed by atoms with Crippen molar-refractivity contribution in [1.29, 1.82) is 0 Å². The normalized spacial score (nSPS) is 26.5. The van der Waals surface area contributed by atoms with Crippen LogP contribution in [0.2, 0.25) is 0 Å². The third-order valence-corrected chi connectivity index (χ3v) is 8.68. The second kappa shape index (κ2) is 8.61. The molecule has 1 N–H and O–H groups in total. The minimum absolute atomic E-state index is 0.0388. The smallest absolute Gasteiger partial charge is 0.271 e. The highest BCUT2D eigenvalue weighted by Gasteiger charge is 2.50. The van der Waals surface area contributed by atoms with E-state index in [9.17, 15) is 9.59 Å². The number of carbonyl (C=O) groups excluding carboxylic acids is 2. The minimum atomic E-state index is -0.845. The standard InChI is InChI=1S/C25H35N3O2S/c1-25(24(30)26-18-10-6-3-2-4-7-11-18)17-27-20-14-15-31-22(20)16-21(27)23(29)28(25)19-12-8-5-9-13-19/h14-16,18-19H,2-13,17H2,1H3,(H,26,30)/t25-/m0/s1. The van der Waals surface area contributed by atoms with Crippen molar-refractivity contribution >= 4 is 33.4 Å². The van der Waals surface area contributed by atoms with E-state index < -0.39 is 5.54 Å². The van der Waals surface area contributed by atoms with Crippen LogP contribution >= 0.6 is 11.3 Å². The fraction of sp³-hybridized carbons (Fsp3) is 0.680. The van der Waals surface area contributed by atoms with E-state index in [0.717, 1.165) is 54.4 Å². The van der Waals surface area contributed by atoms with Crippen molar-refractivity contribution in [2.75, 3.05) is 0 Å². The van der Waals surface area contributed by atoms with Crippen LogP contribution in [0, 0.1) is 0 Å². The summed E-state index contributed by atoms with van der Waals surface area (Å²) in [6.07, 6.45) is 13.9. The monoisotopic (exact) mass is 441 g/mol. The summed E-state index contributed by atoms with van der Waals surface area (Å²) in [7, 11) is 0. The molecule has 5 nitrogen and oxygen atoms in total. The SMILES string of the molecule is C[C@@]1(C(=O)NC2CCCCCCC2)Cn2c(cc3sccc32)C(=O)N1C1CCCCC1. The number of nitrogens with one attached hydrogen (secondary N) is 1. The van der Waals surface area contributed by atoms with Crippen LogP contribution in [0.3, 0.4) is 0 Å². The first-order valence-electron chi connectivity index (χ1n) is 12.3. The van der Waals surface area contributed by atoms with Crippen molar-refractivity contribution in [3.63, 3.8) is 0 Å². The van der Waals surface area contributed by atoms with E-state index >= 15 is 0 Å². The Hall–Kier alpha value is -1.82. The van der Waals surface area contributed by atoms with Crippen LogP contribution in [0.1, 0.15) is 94.5 Å². The number of nitrogens with zero attached hydrogens (tertiary/aromatic N) is 2. The lowest BCUT2D eigenvalue weighted by Gasteiger charge is -2.49. The van der Waals surface area contributed by atoms with Crippen LogP contribution in [0.4, 0.5) is 0 Å². The highest BCUT2D eigenvalue weighted by molar-refractivity contribution is 7.17. The van der Waals surface area contributed by atoms with Gasteiger partial charge in [-0.15, -0.1) is 11.3 Å². The Labute approximate surface area is 189 Å². The molecule has 2 amide bonds. The number of aromatic nitrogens is 1. The fourth-order valence-electron chi connectivity index (χ4n) is 6.09. The van der Waals surface area contributed by atoms with Crippen LogP contribution in [0.5, 0.6) is 0 Å². The Balaban J connectivity index is 1.48. The van der Waals surface area contributed by atoms with E-state index in [1.807, 2.05) is 17.9 Å². The van der Waals surface area contributed by atoms with Gasteiger partial charge in [0, 0.05) is 12.1 Å². The van der Waals surface area contributed by atoms with E-state index in [0.29, 0.717) is 6.54 Å². The topological polar surface area (TPSA) is 54.3 Å². The van der Waals surface area contributed by atoms with E-state index in [-0.39, 0.29) is 23.9 Å². The first-order valence-corrected chi connectivity index (χ1v) is 13.2. The van der Waals surface area contributed by atoms with Gasteiger partial charge in [-0.3, -0.25) is 9.59 Å². The third-order valence-electron chi connectivity index (χ3n) is 7.83. The highest BCUT2D eigenvalue weighted by atomic mass is 32.1. The minimum Gasteiger partial charge on any atom is -0.351 e. The maximum Gasteiger partial charge on any atom is 0.271 e.